The van der Waals surface area contributed by atoms with E-state index in [1.807, 2.05) is 48.7 Å². The number of halogens is 1. The fourth-order valence-corrected chi connectivity index (χ4v) is 5.12. The molecule has 7 heteroatoms. The van der Waals surface area contributed by atoms with Crippen LogP contribution in [0.2, 0.25) is 5.02 Å². The molecule has 0 atom stereocenters. The van der Waals surface area contributed by atoms with Gasteiger partial charge in [-0.15, -0.1) is 0 Å². The van der Waals surface area contributed by atoms with Gasteiger partial charge in [-0.05, 0) is 66.9 Å². The fourth-order valence-electron chi connectivity index (χ4n) is 4.25. The second-order valence-corrected chi connectivity index (χ2v) is 10.4. The van der Waals surface area contributed by atoms with Crippen LogP contribution in [-0.4, -0.2) is 30.6 Å². The first-order valence-corrected chi connectivity index (χ1v) is 12.4. The molecule has 0 bridgehead atoms. The predicted molar refractivity (Wildman–Crippen MR) is 125 cm³/mol. The van der Waals surface area contributed by atoms with Gasteiger partial charge in [0.1, 0.15) is 5.65 Å². The molecule has 0 unspecified atom stereocenters. The number of aromatic nitrogens is 2. The van der Waals surface area contributed by atoms with Crippen molar-refractivity contribution in [3.05, 3.63) is 82.6 Å². The summed E-state index contributed by atoms with van der Waals surface area (Å²) in [7, 11) is -3.20. The molecule has 0 amide bonds. The van der Waals surface area contributed by atoms with Gasteiger partial charge in [0, 0.05) is 42.5 Å². The van der Waals surface area contributed by atoms with E-state index in [0.717, 1.165) is 58.9 Å². The summed E-state index contributed by atoms with van der Waals surface area (Å²) in [5.74, 6) is 0. The summed E-state index contributed by atoms with van der Waals surface area (Å²) < 4.78 is 25.8. The molecule has 31 heavy (non-hydrogen) atoms. The highest BCUT2D eigenvalue weighted by Crippen LogP contribution is 2.35. The minimum absolute atomic E-state index is 0.385. The zero-order chi connectivity index (χ0) is 21.8. The smallest absolute Gasteiger partial charge is 0.175 e. The van der Waals surface area contributed by atoms with Crippen molar-refractivity contribution in [2.45, 2.75) is 24.8 Å². The van der Waals surface area contributed by atoms with Crippen molar-refractivity contribution in [3.63, 3.8) is 0 Å². The molecule has 5 nitrogen and oxygen atoms in total. The Balaban J connectivity index is 1.50. The molecular weight excluding hydrogens is 430 g/mol. The number of imidazole rings is 1. The van der Waals surface area contributed by atoms with Crippen LogP contribution in [0.15, 0.2) is 65.7 Å². The lowest BCUT2D eigenvalue weighted by molar-refractivity contribution is 0.601. The minimum Gasteiger partial charge on any atom is -0.367 e. The Hall–Kier alpha value is -2.83. The lowest BCUT2D eigenvalue weighted by Gasteiger charge is -2.31. The maximum absolute atomic E-state index is 11.9. The molecule has 2 aromatic heterocycles. The van der Waals surface area contributed by atoms with Gasteiger partial charge in [0.2, 0.25) is 0 Å². The van der Waals surface area contributed by atoms with Crippen molar-refractivity contribution in [1.29, 1.82) is 0 Å². The van der Waals surface area contributed by atoms with Crippen LogP contribution in [0.5, 0.6) is 0 Å². The molecule has 4 aromatic rings. The van der Waals surface area contributed by atoms with Crippen molar-refractivity contribution in [1.82, 2.24) is 9.38 Å². The quantitative estimate of drug-likeness (QED) is 0.443. The summed E-state index contributed by atoms with van der Waals surface area (Å²) in [5.41, 5.74) is 7.07. The van der Waals surface area contributed by atoms with Gasteiger partial charge < -0.3 is 9.30 Å². The number of pyridine rings is 1. The van der Waals surface area contributed by atoms with E-state index in [1.54, 1.807) is 6.07 Å². The van der Waals surface area contributed by atoms with Gasteiger partial charge >= 0.3 is 0 Å². The first-order chi connectivity index (χ1) is 14.8. The fraction of sp³-hybridized carbons (Fsp3) is 0.208. The maximum Gasteiger partial charge on any atom is 0.175 e. The second kappa shape index (κ2) is 7.39. The Morgan fingerprint density at radius 3 is 2.65 bits per heavy atom. The van der Waals surface area contributed by atoms with E-state index in [1.165, 1.54) is 6.26 Å². The first kappa shape index (κ1) is 20.1. The summed E-state index contributed by atoms with van der Waals surface area (Å²) >= 11 is 6.59. The highest BCUT2D eigenvalue weighted by atomic mass is 35.5. The van der Waals surface area contributed by atoms with E-state index in [2.05, 4.69) is 22.3 Å². The largest absolute Gasteiger partial charge is 0.367 e. The van der Waals surface area contributed by atoms with Crippen LogP contribution < -0.4 is 4.90 Å². The van der Waals surface area contributed by atoms with Crippen LogP contribution in [0, 0.1) is 6.92 Å². The Bertz CT molecular complexity index is 1430. The number of hydrogen-bond donors (Lipinski definition) is 0. The first-order valence-electron chi connectivity index (χ1n) is 10.1. The van der Waals surface area contributed by atoms with Crippen molar-refractivity contribution >= 4 is 32.8 Å². The molecule has 0 saturated carbocycles. The number of nitrogens with zero attached hydrogens (tertiary/aromatic N) is 3. The van der Waals surface area contributed by atoms with Gasteiger partial charge in [0.05, 0.1) is 15.6 Å². The van der Waals surface area contributed by atoms with Crippen molar-refractivity contribution in [2.75, 3.05) is 17.7 Å². The van der Waals surface area contributed by atoms with E-state index < -0.39 is 9.84 Å². The number of aryl methyl sites for hydroxylation is 1. The number of anilines is 1. The normalized spacial score (nSPS) is 14.1. The zero-order valence-corrected chi connectivity index (χ0v) is 18.9. The third kappa shape index (κ3) is 3.60. The van der Waals surface area contributed by atoms with Crippen LogP contribution in [-0.2, 0) is 22.8 Å². The maximum atomic E-state index is 11.9. The van der Waals surface area contributed by atoms with E-state index in [0.29, 0.717) is 9.92 Å². The molecule has 2 aromatic carbocycles. The van der Waals surface area contributed by atoms with Gasteiger partial charge in [-0.1, -0.05) is 23.7 Å². The number of benzene rings is 2. The topological polar surface area (TPSA) is 54.7 Å². The van der Waals surface area contributed by atoms with E-state index in [9.17, 15) is 8.42 Å². The van der Waals surface area contributed by atoms with Gasteiger partial charge in [-0.25, -0.2) is 13.4 Å². The van der Waals surface area contributed by atoms with Crippen LogP contribution in [0.1, 0.15) is 16.8 Å². The second-order valence-electron chi connectivity index (χ2n) is 8.01. The van der Waals surface area contributed by atoms with Gasteiger partial charge in [0.15, 0.2) is 9.84 Å². The van der Waals surface area contributed by atoms with Crippen molar-refractivity contribution in [2.24, 2.45) is 0 Å². The van der Waals surface area contributed by atoms with E-state index in [-0.39, 0.29) is 0 Å². The lowest BCUT2D eigenvalue weighted by atomic mass is 9.99. The number of hydrogen-bond acceptors (Lipinski definition) is 4. The van der Waals surface area contributed by atoms with Gasteiger partial charge in [-0.3, -0.25) is 0 Å². The third-order valence-corrected chi connectivity index (χ3v) is 7.40. The molecule has 0 N–H and O–H groups in total. The third-order valence-electron chi connectivity index (χ3n) is 5.96. The van der Waals surface area contributed by atoms with E-state index in [4.69, 9.17) is 16.6 Å². The van der Waals surface area contributed by atoms with Gasteiger partial charge in [0.25, 0.3) is 0 Å². The molecule has 3 heterocycles. The molecule has 0 saturated heterocycles. The molecule has 0 fully saturated rings. The van der Waals surface area contributed by atoms with Crippen LogP contribution in [0.25, 0.3) is 16.9 Å². The molecule has 1 aliphatic heterocycles. The lowest BCUT2D eigenvalue weighted by Crippen LogP contribution is -2.30. The summed E-state index contributed by atoms with van der Waals surface area (Å²) in [6.07, 6.45) is 4.05. The zero-order valence-electron chi connectivity index (χ0n) is 17.3. The van der Waals surface area contributed by atoms with Crippen LogP contribution >= 0.6 is 11.6 Å². The number of rotatable bonds is 3. The number of fused-ring (bicyclic) bond motifs is 2. The molecule has 0 radical (unpaired) electrons. The summed E-state index contributed by atoms with van der Waals surface area (Å²) in [6, 6.07) is 17.5. The molecule has 5 rings (SSSR count). The Kier molecular flexibility index (Phi) is 4.79. The van der Waals surface area contributed by atoms with Crippen molar-refractivity contribution < 1.29 is 8.42 Å². The molecule has 0 aliphatic carbocycles. The highest BCUT2D eigenvalue weighted by Gasteiger charge is 2.21. The summed E-state index contributed by atoms with van der Waals surface area (Å²) in [5, 5.41) is 0.672. The summed E-state index contributed by atoms with van der Waals surface area (Å²) in [4.78, 5) is 7.49. The molecule has 158 valence electrons. The SMILES string of the molecule is Cc1c(-c2cc(N3CCc4cc(S(C)(=O)=O)ccc4C3)ccc2Cl)nc2ccccn12. The average molecular weight is 452 g/mol. The van der Waals surface area contributed by atoms with E-state index >= 15 is 0 Å². The molecule has 1 aliphatic rings. The predicted octanol–water partition coefficient (Wildman–Crippen LogP) is 4.93. The monoisotopic (exact) mass is 451 g/mol. The standard InChI is InChI=1S/C24H22ClN3O2S/c1-16-24(26-23-5-3-4-11-28(16)23)21-14-19(7-9-22(21)25)27-12-10-17-13-20(31(2,29)30)8-6-18(17)15-27/h3-9,11,13-14H,10,12,15H2,1-2H3. The Morgan fingerprint density at radius 1 is 1.03 bits per heavy atom. The highest BCUT2D eigenvalue weighted by molar-refractivity contribution is 7.90. The molecular formula is C24H22ClN3O2S. The number of sulfone groups is 1. The average Bonchev–Trinajstić information content (AvgIpc) is 3.09. The molecule has 0 spiro atoms. The Morgan fingerprint density at radius 2 is 1.87 bits per heavy atom. The van der Waals surface area contributed by atoms with Crippen molar-refractivity contribution in [3.8, 4) is 11.3 Å². The van der Waals surface area contributed by atoms with Gasteiger partial charge in [-0.2, -0.15) is 0 Å². The Labute approximate surface area is 186 Å². The van der Waals surface area contributed by atoms with Crippen LogP contribution in [0.3, 0.4) is 0 Å². The van der Waals surface area contributed by atoms with Crippen LogP contribution in [0.4, 0.5) is 5.69 Å². The minimum atomic E-state index is -3.20. The summed E-state index contributed by atoms with van der Waals surface area (Å²) in [6.45, 7) is 3.59.